The van der Waals surface area contributed by atoms with E-state index in [1.165, 1.54) is 26.4 Å². The highest BCUT2D eigenvalue weighted by Crippen LogP contribution is 2.37. The molecule has 6 N–H and O–H groups in total. The van der Waals surface area contributed by atoms with Crippen LogP contribution in [0, 0.1) is 0 Å². The Morgan fingerprint density at radius 3 is 2.10 bits per heavy atom. The largest absolute Gasteiger partial charge is 0.496 e. The van der Waals surface area contributed by atoms with Crippen molar-refractivity contribution >= 4 is 0 Å². The first-order valence-corrected chi connectivity index (χ1v) is 5.73. The van der Waals surface area contributed by atoms with Crippen LogP contribution < -0.4 is 15.2 Å². The van der Waals surface area contributed by atoms with Gasteiger partial charge in [0.25, 0.3) is 11.7 Å². The van der Waals surface area contributed by atoms with Gasteiger partial charge in [-0.15, -0.1) is 6.58 Å². The van der Waals surface area contributed by atoms with Crippen LogP contribution in [0.15, 0.2) is 24.8 Å². The molecule has 0 aliphatic heterocycles. The van der Waals surface area contributed by atoms with Crippen molar-refractivity contribution in [1.82, 2.24) is 0 Å². The summed E-state index contributed by atoms with van der Waals surface area (Å²) in [7, 11) is 2.69. The van der Waals surface area contributed by atoms with Crippen LogP contribution in [0.25, 0.3) is 0 Å². The van der Waals surface area contributed by atoms with Crippen LogP contribution >= 0.6 is 0 Å². The number of allylic oxidation sites excluding steroid dienone is 1. The number of hydrogen-bond acceptors (Lipinski definition) is 7. The molecular weight excluding hydrogens is 266 g/mol. The standard InChI is InChI=1S/C13H19NO6/c1-4-5-8-6-11(20-3)9(7-10(8)19-2)12(15,16)13(14,17)18/h4,6-7,15-18H,1,5,14H2,2-3H3. The van der Waals surface area contributed by atoms with E-state index in [1.54, 1.807) is 6.08 Å². The highest BCUT2D eigenvalue weighted by molar-refractivity contribution is 5.49. The Morgan fingerprint density at radius 1 is 1.15 bits per heavy atom. The van der Waals surface area contributed by atoms with Crippen molar-refractivity contribution in [1.29, 1.82) is 0 Å². The molecule has 0 spiro atoms. The van der Waals surface area contributed by atoms with Gasteiger partial charge in [0.05, 0.1) is 19.8 Å². The summed E-state index contributed by atoms with van der Waals surface area (Å²) in [6.07, 6.45) is 2.09. The highest BCUT2D eigenvalue weighted by Gasteiger charge is 2.48. The molecule has 0 atom stereocenters. The lowest BCUT2D eigenvalue weighted by molar-refractivity contribution is -0.363. The molecular formula is C13H19NO6. The summed E-state index contributed by atoms with van der Waals surface area (Å²) in [5, 5.41) is 38.3. The number of methoxy groups -OCH3 is 2. The molecule has 0 radical (unpaired) electrons. The van der Waals surface area contributed by atoms with Gasteiger partial charge in [0.1, 0.15) is 11.5 Å². The fraction of sp³-hybridized carbons (Fsp3) is 0.385. The fourth-order valence-corrected chi connectivity index (χ4v) is 1.75. The van der Waals surface area contributed by atoms with E-state index in [0.29, 0.717) is 17.7 Å². The molecule has 0 aromatic heterocycles. The van der Waals surface area contributed by atoms with Crippen LogP contribution in [0.4, 0.5) is 0 Å². The highest BCUT2D eigenvalue weighted by atomic mass is 16.6. The van der Waals surface area contributed by atoms with E-state index >= 15 is 0 Å². The summed E-state index contributed by atoms with van der Waals surface area (Å²) in [4.78, 5) is 0. The Kier molecular flexibility index (Phi) is 4.74. The van der Waals surface area contributed by atoms with Crippen LogP contribution in [0.2, 0.25) is 0 Å². The molecule has 0 saturated carbocycles. The molecule has 0 amide bonds. The smallest absolute Gasteiger partial charge is 0.281 e. The minimum Gasteiger partial charge on any atom is -0.496 e. The number of aliphatic hydroxyl groups is 4. The third kappa shape index (κ3) is 2.92. The lowest BCUT2D eigenvalue weighted by Gasteiger charge is -2.33. The maximum absolute atomic E-state index is 9.85. The number of nitrogens with two attached hydrogens (primary N) is 1. The van der Waals surface area contributed by atoms with E-state index in [9.17, 15) is 20.4 Å². The molecule has 7 heteroatoms. The zero-order chi connectivity index (χ0) is 15.6. The number of ether oxygens (including phenoxy) is 2. The van der Waals surface area contributed by atoms with Crippen LogP contribution in [0.5, 0.6) is 11.5 Å². The van der Waals surface area contributed by atoms with Crippen LogP contribution in [0.3, 0.4) is 0 Å². The van der Waals surface area contributed by atoms with Gasteiger partial charge < -0.3 is 29.9 Å². The molecule has 0 heterocycles. The summed E-state index contributed by atoms with van der Waals surface area (Å²) in [6, 6.07) is 2.69. The van der Waals surface area contributed by atoms with Gasteiger partial charge in [0, 0.05) is 5.56 Å². The molecule has 20 heavy (non-hydrogen) atoms. The number of benzene rings is 1. The van der Waals surface area contributed by atoms with Crippen molar-refractivity contribution in [2.24, 2.45) is 5.73 Å². The molecule has 0 fully saturated rings. The first-order valence-electron chi connectivity index (χ1n) is 5.73. The summed E-state index contributed by atoms with van der Waals surface area (Å²) in [5.74, 6) is -6.09. The Labute approximate surface area is 116 Å². The Morgan fingerprint density at radius 2 is 1.70 bits per heavy atom. The van der Waals surface area contributed by atoms with Crippen molar-refractivity contribution in [2.45, 2.75) is 18.1 Å². The fourth-order valence-electron chi connectivity index (χ4n) is 1.75. The molecule has 0 saturated heterocycles. The second kappa shape index (κ2) is 5.78. The second-order valence-corrected chi connectivity index (χ2v) is 4.26. The predicted octanol–water partition coefficient (Wildman–Crippen LogP) is -0.833. The van der Waals surface area contributed by atoms with E-state index in [-0.39, 0.29) is 11.3 Å². The minimum atomic E-state index is -3.27. The summed E-state index contributed by atoms with van der Waals surface area (Å²) in [5.41, 5.74) is 5.30. The van der Waals surface area contributed by atoms with Gasteiger partial charge in [-0.25, -0.2) is 0 Å². The predicted molar refractivity (Wildman–Crippen MR) is 70.9 cm³/mol. The third-order valence-corrected chi connectivity index (χ3v) is 2.86. The van der Waals surface area contributed by atoms with Gasteiger partial charge in [-0.1, -0.05) is 6.08 Å². The van der Waals surface area contributed by atoms with Crippen molar-refractivity contribution in [3.05, 3.63) is 35.9 Å². The summed E-state index contributed by atoms with van der Waals surface area (Å²) >= 11 is 0. The average Bonchev–Trinajstić information content (AvgIpc) is 2.37. The number of hydrogen-bond donors (Lipinski definition) is 5. The van der Waals surface area contributed by atoms with E-state index < -0.39 is 11.7 Å². The van der Waals surface area contributed by atoms with Gasteiger partial charge >= 0.3 is 0 Å². The second-order valence-electron chi connectivity index (χ2n) is 4.26. The average molecular weight is 285 g/mol. The molecule has 7 nitrogen and oxygen atoms in total. The maximum atomic E-state index is 9.85. The first kappa shape index (κ1) is 16.4. The van der Waals surface area contributed by atoms with Crippen LogP contribution in [0.1, 0.15) is 11.1 Å². The molecule has 1 aromatic carbocycles. The van der Waals surface area contributed by atoms with Crippen molar-refractivity contribution in [3.63, 3.8) is 0 Å². The van der Waals surface area contributed by atoms with Gasteiger partial charge in [0.15, 0.2) is 0 Å². The zero-order valence-corrected chi connectivity index (χ0v) is 11.3. The summed E-state index contributed by atoms with van der Waals surface area (Å²) < 4.78 is 10.1. The van der Waals surface area contributed by atoms with Crippen molar-refractivity contribution in [2.75, 3.05) is 14.2 Å². The van der Waals surface area contributed by atoms with Gasteiger partial charge in [-0.2, -0.15) is 0 Å². The van der Waals surface area contributed by atoms with Gasteiger partial charge in [-0.05, 0) is 18.6 Å². The van der Waals surface area contributed by atoms with Crippen LogP contribution in [-0.2, 0) is 12.2 Å². The summed E-state index contributed by atoms with van der Waals surface area (Å²) in [6.45, 7) is 3.60. The Bertz CT molecular complexity index is 492. The third-order valence-electron chi connectivity index (χ3n) is 2.86. The lowest BCUT2D eigenvalue weighted by atomic mass is 9.97. The molecule has 112 valence electrons. The first-order chi connectivity index (χ1) is 9.18. The van der Waals surface area contributed by atoms with E-state index in [4.69, 9.17) is 15.2 Å². The quantitative estimate of drug-likeness (QED) is 0.341. The molecule has 0 aliphatic carbocycles. The van der Waals surface area contributed by atoms with E-state index in [2.05, 4.69) is 6.58 Å². The topological polar surface area (TPSA) is 125 Å². The minimum absolute atomic E-state index is 0.0191. The molecule has 1 aromatic rings. The normalized spacial score (nSPS) is 12.2. The SMILES string of the molecule is C=CCc1cc(OC)c(C(O)(O)C(N)(O)O)cc1OC. The molecule has 1 rings (SSSR count). The molecule has 0 unspecified atom stereocenters. The van der Waals surface area contributed by atoms with E-state index in [1.807, 2.05) is 0 Å². The molecule has 0 bridgehead atoms. The van der Waals surface area contributed by atoms with Gasteiger partial charge in [-0.3, -0.25) is 5.73 Å². The number of rotatable bonds is 6. The monoisotopic (exact) mass is 285 g/mol. The van der Waals surface area contributed by atoms with Gasteiger partial charge in [0.2, 0.25) is 0 Å². The van der Waals surface area contributed by atoms with E-state index in [0.717, 1.165) is 0 Å². The molecule has 0 aliphatic rings. The van der Waals surface area contributed by atoms with Crippen molar-refractivity contribution < 1.29 is 29.9 Å². The Hall–Kier alpha value is -1.64. The van der Waals surface area contributed by atoms with Crippen LogP contribution in [-0.4, -0.2) is 40.6 Å². The van der Waals surface area contributed by atoms with Crippen molar-refractivity contribution in [3.8, 4) is 11.5 Å². The lowest BCUT2D eigenvalue weighted by Crippen LogP contribution is -2.58. The Balaban J connectivity index is 3.51. The maximum Gasteiger partial charge on any atom is 0.281 e. The zero-order valence-electron chi connectivity index (χ0n) is 11.3.